The van der Waals surface area contributed by atoms with Gasteiger partial charge in [-0.2, -0.15) is 0 Å². The number of nitrogens with zero attached hydrogens (tertiary/aromatic N) is 2. The summed E-state index contributed by atoms with van der Waals surface area (Å²) in [7, 11) is 0. The summed E-state index contributed by atoms with van der Waals surface area (Å²) in [6.45, 7) is 0.565. The molecule has 2 aromatic carbocycles. The van der Waals surface area contributed by atoms with Crippen LogP contribution in [0.15, 0.2) is 59.6 Å². The average molecular weight is 350 g/mol. The van der Waals surface area contributed by atoms with Gasteiger partial charge in [-0.25, -0.2) is 0 Å². The SMILES string of the molecule is Oc1c(/C=C2\C=Nc3ccccc32)sc(=S)n1Cc1ccccc1. The molecule has 0 fully saturated rings. The Labute approximate surface area is 148 Å². The fourth-order valence-corrected chi connectivity index (χ4v) is 3.97. The van der Waals surface area contributed by atoms with Crippen LogP contribution in [0.5, 0.6) is 5.88 Å². The van der Waals surface area contributed by atoms with E-state index >= 15 is 0 Å². The van der Waals surface area contributed by atoms with Crippen molar-refractivity contribution in [2.75, 3.05) is 0 Å². The Morgan fingerprint density at radius 2 is 1.83 bits per heavy atom. The maximum Gasteiger partial charge on any atom is 0.210 e. The van der Waals surface area contributed by atoms with Gasteiger partial charge in [-0.05, 0) is 29.9 Å². The van der Waals surface area contributed by atoms with Crippen molar-refractivity contribution in [1.29, 1.82) is 0 Å². The lowest BCUT2D eigenvalue weighted by Crippen LogP contribution is -1.98. The van der Waals surface area contributed by atoms with Crippen molar-refractivity contribution in [3.05, 3.63) is 74.6 Å². The zero-order valence-electron chi connectivity index (χ0n) is 12.7. The molecular formula is C19H14N2OS2. The van der Waals surface area contributed by atoms with Crippen LogP contribution in [0.3, 0.4) is 0 Å². The molecule has 0 radical (unpaired) electrons. The molecule has 24 heavy (non-hydrogen) atoms. The van der Waals surface area contributed by atoms with Gasteiger partial charge in [0.05, 0.1) is 17.1 Å². The van der Waals surface area contributed by atoms with Crippen LogP contribution in [-0.4, -0.2) is 15.9 Å². The summed E-state index contributed by atoms with van der Waals surface area (Å²) in [5.41, 5.74) is 4.12. The molecule has 0 spiro atoms. The van der Waals surface area contributed by atoms with Crippen molar-refractivity contribution in [2.24, 2.45) is 4.99 Å². The normalized spacial score (nSPS) is 14.2. The maximum atomic E-state index is 10.6. The molecule has 0 amide bonds. The monoisotopic (exact) mass is 350 g/mol. The zero-order valence-corrected chi connectivity index (χ0v) is 14.3. The molecule has 0 saturated heterocycles. The molecule has 3 nitrogen and oxygen atoms in total. The number of thiazole rings is 1. The highest BCUT2D eigenvalue weighted by molar-refractivity contribution is 7.73. The minimum atomic E-state index is 0.208. The van der Waals surface area contributed by atoms with Gasteiger partial charge in [0.25, 0.3) is 0 Å². The van der Waals surface area contributed by atoms with Crippen molar-refractivity contribution in [1.82, 2.24) is 4.57 Å². The standard InChI is InChI=1S/C19H14N2OS2/c22-18-17(10-14-11-20-16-9-5-4-8-15(14)16)24-19(23)21(18)12-13-6-2-1-3-7-13/h1-11,22H,12H2/b14-10+. The van der Waals surface area contributed by atoms with E-state index < -0.39 is 0 Å². The summed E-state index contributed by atoms with van der Waals surface area (Å²) in [5.74, 6) is 0.208. The number of hydrogen-bond acceptors (Lipinski definition) is 4. The topological polar surface area (TPSA) is 37.5 Å². The number of hydrogen-bond donors (Lipinski definition) is 1. The molecule has 0 atom stereocenters. The maximum absolute atomic E-state index is 10.6. The zero-order chi connectivity index (χ0) is 16.5. The molecule has 1 N–H and O–H groups in total. The Morgan fingerprint density at radius 1 is 1.08 bits per heavy atom. The predicted octanol–water partition coefficient (Wildman–Crippen LogP) is 5.29. The van der Waals surface area contributed by atoms with Gasteiger partial charge in [0, 0.05) is 17.4 Å². The van der Waals surface area contributed by atoms with Gasteiger partial charge in [0.1, 0.15) is 0 Å². The molecule has 0 bridgehead atoms. The van der Waals surface area contributed by atoms with Crippen molar-refractivity contribution < 1.29 is 5.11 Å². The molecule has 1 aliphatic rings. The minimum Gasteiger partial charge on any atom is -0.493 e. The van der Waals surface area contributed by atoms with Gasteiger partial charge in [0.2, 0.25) is 5.88 Å². The fraction of sp³-hybridized carbons (Fsp3) is 0.0526. The van der Waals surface area contributed by atoms with Gasteiger partial charge < -0.3 is 5.11 Å². The Balaban J connectivity index is 1.72. The van der Waals surface area contributed by atoms with E-state index in [1.165, 1.54) is 11.3 Å². The summed E-state index contributed by atoms with van der Waals surface area (Å²) in [6, 6.07) is 18.0. The summed E-state index contributed by atoms with van der Waals surface area (Å²) >= 11 is 6.85. The summed E-state index contributed by atoms with van der Waals surface area (Å²) in [5, 5.41) is 10.6. The first-order chi connectivity index (χ1) is 11.7. The van der Waals surface area contributed by atoms with Crippen LogP contribution in [0.2, 0.25) is 0 Å². The van der Waals surface area contributed by atoms with Crippen molar-refractivity contribution in [2.45, 2.75) is 6.54 Å². The van der Waals surface area contributed by atoms with E-state index in [9.17, 15) is 5.11 Å². The number of fused-ring (bicyclic) bond motifs is 1. The van der Waals surface area contributed by atoms with Gasteiger partial charge in [0.15, 0.2) is 3.95 Å². The third-order valence-corrected chi connectivity index (χ3v) is 5.31. The van der Waals surface area contributed by atoms with E-state index in [4.69, 9.17) is 12.2 Å². The largest absolute Gasteiger partial charge is 0.493 e. The Hall–Kier alpha value is -2.50. The lowest BCUT2D eigenvalue weighted by Gasteiger charge is -2.05. The summed E-state index contributed by atoms with van der Waals surface area (Å²) < 4.78 is 2.42. The summed E-state index contributed by atoms with van der Waals surface area (Å²) in [6.07, 6.45) is 3.78. The second-order valence-corrected chi connectivity index (χ2v) is 7.18. The van der Waals surface area contributed by atoms with Crippen LogP contribution in [0.4, 0.5) is 5.69 Å². The molecule has 1 aliphatic heterocycles. The number of allylic oxidation sites excluding steroid dienone is 1. The van der Waals surface area contributed by atoms with E-state index in [1.807, 2.05) is 66.9 Å². The molecule has 1 aromatic heterocycles. The second kappa shape index (κ2) is 6.19. The molecule has 5 heteroatoms. The van der Waals surface area contributed by atoms with Crippen LogP contribution in [-0.2, 0) is 6.54 Å². The predicted molar refractivity (Wildman–Crippen MR) is 103 cm³/mol. The number of benzene rings is 2. The fourth-order valence-electron chi connectivity index (χ4n) is 2.71. The van der Waals surface area contributed by atoms with E-state index in [2.05, 4.69) is 4.99 Å². The van der Waals surface area contributed by atoms with Crippen LogP contribution in [0.1, 0.15) is 16.0 Å². The molecule has 4 rings (SSSR count). The Kier molecular flexibility index (Phi) is 3.88. The summed E-state index contributed by atoms with van der Waals surface area (Å²) in [4.78, 5) is 5.16. The molecule has 3 aromatic rings. The van der Waals surface area contributed by atoms with Gasteiger partial charge >= 0.3 is 0 Å². The first-order valence-corrected chi connectivity index (χ1v) is 8.76. The Bertz CT molecular complexity index is 1010. The van der Waals surface area contributed by atoms with E-state index in [0.717, 1.165) is 27.3 Å². The van der Waals surface area contributed by atoms with Crippen molar-refractivity contribution >= 4 is 47.1 Å². The van der Waals surface area contributed by atoms with Crippen LogP contribution >= 0.6 is 23.6 Å². The first-order valence-electron chi connectivity index (χ1n) is 7.54. The average Bonchev–Trinajstić information content (AvgIpc) is 3.13. The molecule has 0 saturated carbocycles. The lowest BCUT2D eigenvalue weighted by molar-refractivity contribution is 0.422. The van der Waals surface area contributed by atoms with Crippen LogP contribution in [0, 0.1) is 3.95 Å². The van der Waals surface area contributed by atoms with E-state index in [0.29, 0.717) is 10.5 Å². The second-order valence-electron chi connectivity index (χ2n) is 5.50. The number of aromatic nitrogens is 1. The van der Waals surface area contributed by atoms with Gasteiger partial charge in [-0.15, -0.1) is 11.3 Å². The smallest absolute Gasteiger partial charge is 0.210 e. The highest BCUT2D eigenvalue weighted by Crippen LogP contribution is 2.35. The van der Waals surface area contributed by atoms with E-state index in [1.54, 1.807) is 4.57 Å². The van der Waals surface area contributed by atoms with Gasteiger partial charge in [-0.1, -0.05) is 48.5 Å². The van der Waals surface area contributed by atoms with Gasteiger partial charge in [-0.3, -0.25) is 9.56 Å². The molecule has 118 valence electrons. The molecule has 2 heterocycles. The number of aliphatic imine (C=N–C) groups is 1. The highest BCUT2D eigenvalue weighted by atomic mass is 32.1. The molecule has 0 unspecified atom stereocenters. The van der Waals surface area contributed by atoms with Crippen molar-refractivity contribution in [3.8, 4) is 5.88 Å². The number of para-hydroxylation sites is 1. The molecule has 0 aliphatic carbocycles. The third-order valence-electron chi connectivity index (χ3n) is 3.92. The Morgan fingerprint density at radius 3 is 2.67 bits per heavy atom. The van der Waals surface area contributed by atoms with Crippen LogP contribution in [0.25, 0.3) is 11.6 Å². The molecular weight excluding hydrogens is 336 g/mol. The first kappa shape index (κ1) is 15.1. The minimum absolute atomic E-state index is 0.208. The quantitative estimate of drug-likeness (QED) is 0.652. The van der Waals surface area contributed by atoms with Crippen LogP contribution < -0.4 is 0 Å². The lowest BCUT2D eigenvalue weighted by atomic mass is 10.1. The van der Waals surface area contributed by atoms with Crippen molar-refractivity contribution in [3.63, 3.8) is 0 Å². The van der Waals surface area contributed by atoms with E-state index in [-0.39, 0.29) is 5.88 Å². The third kappa shape index (κ3) is 2.72. The highest BCUT2D eigenvalue weighted by Gasteiger charge is 2.15. The number of rotatable bonds is 3. The number of aromatic hydroxyl groups is 1.